The van der Waals surface area contributed by atoms with Crippen LogP contribution in [0.25, 0.3) is 0 Å². The Kier molecular flexibility index (Phi) is 17.9. The van der Waals surface area contributed by atoms with Gasteiger partial charge in [-0.25, -0.2) is 15.0 Å². The summed E-state index contributed by atoms with van der Waals surface area (Å²) in [4.78, 5) is 48.3. The van der Waals surface area contributed by atoms with Gasteiger partial charge in [-0.05, 0) is 78.7 Å². The molecule has 3 aromatic heterocycles. The summed E-state index contributed by atoms with van der Waals surface area (Å²) in [5.74, 6) is 0.526. The van der Waals surface area contributed by atoms with E-state index >= 15 is 0 Å². The summed E-state index contributed by atoms with van der Waals surface area (Å²) < 4.78 is 0. The lowest BCUT2D eigenvalue weighted by Gasteiger charge is -2.20. The lowest BCUT2D eigenvalue weighted by Crippen LogP contribution is -2.26. The van der Waals surface area contributed by atoms with Crippen LogP contribution in [0.2, 0.25) is 10.3 Å². The highest BCUT2D eigenvalue weighted by Gasteiger charge is 2.14. The van der Waals surface area contributed by atoms with Gasteiger partial charge in [0, 0.05) is 71.5 Å². The fraction of sp³-hybridized carbons (Fsp3) is 0.0667. The third-order valence-corrected chi connectivity index (χ3v) is 8.52. The number of nitrogens with one attached hydrogen (secondary N) is 2. The number of nitrogens with zero attached hydrogens (tertiary/aromatic N) is 4. The Morgan fingerprint density at radius 1 is 0.621 bits per heavy atom. The molecule has 7 aromatic rings. The van der Waals surface area contributed by atoms with Crippen LogP contribution in [-0.4, -0.2) is 39.1 Å². The Bertz CT molecular complexity index is 2320. The maximum atomic E-state index is 12.6. The number of aromatic nitrogens is 3. The number of rotatable bonds is 8. The molecular weight excluding hydrogens is 793 g/mol. The molecule has 7 rings (SSSR count). The SMILES string of the molecule is C[C@H](Nc1cc(N(C)C(=O)c2ccccc2)ccn1)c1ccccc1.Nc1ccnc(Cl)c1.O=C(Cl)c1ccccc1.O=C(Nc1ccnc(Cl)c1)c1ccccc1. The fourth-order valence-corrected chi connectivity index (χ4v) is 5.39. The molecule has 4 N–H and O–H groups in total. The third-order valence-electron chi connectivity index (χ3n) is 7.89. The summed E-state index contributed by atoms with van der Waals surface area (Å²) in [6.45, 7) is 2.09. The van der Waals surface area contributed by atoms with Crippen molar-refractivity contribution >= 4 is 74.7 Å². The summed E-state index contributed by atoms with van der Waals surface area (Å²) in [6.07, 6.45) is 4.82. The zero-order valence-electron chi connectivity index (χ0n) is 31.5. The molecule has 4 aromatic carbocycles. The number of halogens is 3. The molecule has 0 spiro atoms. The Hall–Kier alpha value is -6.59. The van der Waals surface area contributed by atoms with Crippen molar-refractivity contribution in [2.45, 2.75) is 13.0 Å². The van der Waals surface area contributed by atoms with Crippen LogP contribution < -0.4 is 21.3 Å². The van der Waals surface area contributed by atoms with Gasteiger partial charge in [0.1, 0.15) is 16.1 Å². The predicted molar refractivity (Wildman–Crippen MR) is 236 cm³/mol. The lowest BCUT2D eigenvalue weighted by atomic mass is 10.1. The Labute approximate surface area is 352 Å². The van der Waals surface area contributed by atoms with E-state index in [1.54, 1.807) is 91.2 Å². The van der Waals surface area contributed by atoms with Gasteiger partial charge >= 0.3 is 0 Å². The van der Waals surface area contributed by atoms with Crippen molar-refractivity contribution < 1.29 is 14.4 Å². The minimum atomic E-state index is -0.407. The normalized spacial score (nSPS) is 10.4. The highest BCUT2D eigenvalue weighted by molar-refractivity contribution is 6.67. The fourth-order valence-electron chi connectivity index (χ4n) is 4.91. The van der Waals surface area contributed by atoms with Gasteiger partial charge in [-0.3, -0.25) is 14.4 Å². The zero-order valence-corrected chi connectivity index (χ0v) is 33.8. The molecule has 10 nitrogen and oxygen atoms in total. The van der Waals surface area contributed by atoms with Gasteiger partial charge in [-0.2, -0.15) is 0 Å². The van der Waals surface area contributed by atoms with Crippen molar-refractivity contribution in [2.75, 3.05) is 28.3 Å². The van der Waals surface area contributed by atoms with Crippen LogP contribution in [0.15, 0.2) is 176 Å². The number of pyridine rings is 3. The standard InChI is InChI=1S/C21H21N3O.C12H9ClN2O.C7H5ClO.C5H5ClN2/c1-16(17-9-5-3-6-10-17)23-20-15-19(13-14-22-20)24(2)21(25)18-11-7-4-8-12-18;13-11-8-10(6-7-14-11)15-12(16)9-4-2-1-3-5-9;8-7(9)6-4-2-1-3-5-6;6-5-3-4(7)1-2-8-5/h3-16H,1-2H3,(H,22,23);1-8H,(H,14,15,16);1-5H;1-3H,(H2,7,8)/t16-;;;/m0.../s1. The summed E-state index contributed by atoms with van der Waals surface area (Å²) in [5, 5.41) is 6.50. The minimum absolute atomic E-state index is 0.0474. The topological polar surface area (TPSA) is 143 Å². The van der Waals surface area contributed by atoms with Crippen LogP contribution in [0.5, 0.6) is 0 Å². The number of hydrogen-bond donors (Lipinski definition) is 3. The first-order valence-corrected chi connectivity index (χ1v) is 18.8. The van der Waals surface area contributed by atoms with Crippen LogP contribution in [0.4, 0.5) is 22.9 Å². The van der Waals surface area contributed by atoms with E-state index in [1.807, 2.05) is 84.9 Å². The van der Waals surface area contributed by atoms with Crippen molar-refractivity contribution in [3.05, 3.63) is 209 Å². The zero-order chi connectivity index (χ0) is 41.7. The molecule has 0 bridgehead atoms. The first kappa shape index (κ1) is 44.1. The average molecular weight is 833 g/mol. The molecular formula is C45H40Cl3N7O3. The van der Waals surface area contributed by atoms with Crippen molar-refractivity contribution in [3.63, 3.8) is 0 Å². The summed E-state index contributed by atoms with van der Waals surface area (Å²) in [7, 11) is 1.77. The first-order chi connectivity index (χ1) is 28.0. The molecule has 1 atom stereocenters. The van der Waals surface area contributed by atoms with Crippen molar-refractivity contribution in [2.24, 2.45) is 0 Å². The van der Waals surface area contributed by atoms with E-state index in [1.165, 1.54) is 5.56 Å². The van der Waals surface area contributed by atoms with Gasteiger partial charge in [0.05, 0.1) is 0 Å². The predicted octanol–water partition coefficient (Wildman–Crippen LogP) is 10.9. The van der Waals surface area contributed by atoms with Crippen LogP contribution in [0.3, 0.4) is 0 Å². The molecule has 0 aliphatic rings. The number of hydrogen-bond acceptors (Lipinski definition) is 8. The van der Waals surface area contributed by atoms with Crippen LogP contribution in [-0.2, 0) is 0 Å². The van der Waals surface area contributed by atoms with E-state index in [2.05, 4.69) is 44.6 Å². The lowest BCUT2D eigenvalue weighted by molar-refractivity contribution is 0.0990. The molecule has 0 fully saturated rings. The average Bonchev–Trinajstić information content (AvgIpc) is 3.25. The minimum Gasteiger partial charge on any atom is -0.399 e. The van der Waals surface area contributed by atoms with E-state index < -0.39 is 5.24 Å². The van der Waals surface area contributed by atoms with E-state index in [4.69, 9.17) is 40.5 Å². The molecule has 58 heavy (non-hydrogen) atoms. The van der Waals surface area contributed by atoms with Gasteiger partial charge < -0.3 is 21.3 Å². The van der Waals surface area contributed by atoms with Gasteiger partial charge in [0.2, 0.25) is 0 Å². The number of nitrogen functional groups attached to an aromatic ring is 1. The molecule has 0 unspecified atom stereocenters. The van der Waals surface area contributed by atoms with E-state index in [-0.39, 0.29) is 17.9 Å². The molecule has 13 heteroatoms. The largest absolute Gasteiger partial charge is 0.399 e. The number of anilines is 4. The van der Waals surface area contributed by atoms with Gasteiger partial charge in [-0.15, -0.1) is 0 Å². The molecule has 3 heterocycles. The number of benzene rings is 4. The quantitative estimate of drug-likeness (QED) is 0.101. The first-order valence-electron chi connectivity index (χ1n) is 17.7. The summed E-state index contributed by atoms with van der Waals surface area (Å²) in [5.41, 5.74) is 10.4. The molecule has 294 valence electrons. The van der Waals surface area contributed by atoms with Gasteiger partial charge in [0.15, 0.2) is 0 Å². The molecule has 0 saturated carbocycles. The van der Waals surface area contributed by atoms with Crippen molar-refractivity contribution in [3.8, 4) is 0 Å². The second kappa shape index (κ2) is 23.5. The number of nitrogens with two attached hydrogens (primary N) is 1. The number of amides is 2. The molecule has 2 amide bonds. The monoisotopic (exact) mass is 831 g/mol. The Balaban J connectivity index is 0.000000191. The van der Waals surface area contributed by atoms with Crippen LogP contribution in [0.1, 0.15) is 49.6 Å². The molecule has 0 saturated heterocycles. The summed E-state index contributed by atoms with van der Waals surface area (Å²) in [6, 6.07) is 47.6. The highest BCUT2D eigenvalue weighted by Crippen LogP contribution is 2.22. The van der Waals surface area contributed by atoms with E-state index in [0.717, 1.165) is 11.5 Å². The van der Waals surface area contributed by atoms with Crippen LogP contribution >= 0.6 is 34.8 Å². The maximum Gasteiger partial charge on any atom is 0.258 e. The third kappa shape index (κ3) is 15.2. The Morgan fingerprint density at radius 3 is 1.62 bits per heavy atom. The van der Waals surface area contributed by atoms with Crippen LogP contribution in [0, 0.1) is 0 Å². The van der Waals surface area contributed by atoms with Gasteiger partial charge in [-0.1, -0.05) is 120 Å². The van der Waals surface area contributed by atoms with Crippen molar-refractivity contribution in [1.29, 1.82) is 0 Å². The second-order valence-electron chi connectivity index (χ2n) is 12.1. The number of carbonyl (C=O) groups excluding carboxylic acids is 3. The van der Waals surface area contributed by atoms with E-state index in [9.17, 15) is 14.4 Å². The van der Waals surface area contributed by atoms with E-state index in [0.29, 0.717) is 38.4 Å². The second-order valence-corrected chi connectivity index (χ2v) is 13.3. The smallest absolute Gasteiger partial charge is 0.258 e. The number of carbonyl (C=O) groups is 3. The van der Waals surface area contributed by atoms with Crippen molar-refractivity contribution in [1.82, 2.24) is 15.0 Å². The Morgan fingerprint density at radius 2 is 1.12 bits per heavy atom. The molecule has 0 aliphatic carbocycles. The van der Waals surface area contributed by atoms with Gasteiger partial charge in [0.25, 0.3) is 17.1 Å². The molecule has 0 aliphatic heterocycles. The molecule has 0 radical (unpaired) electrons. The summed E-state index contributed by atoms with van der Waals surface area (Å²) >= 11 is 16.3. The highest BCUT2D eigenvalue weighted by atomic mass is 35.5. The maximum absolute atomic E-state index is 12.6.